The SMILES string of the molecule is O=C(NS(=O)(=O)c1ccccc1)c1cn(Cc2ccccc2)cn1. The van der Waals surface area contributed by atoms with Crippen LogP contribution in [0.15, 0.2) is 78.1 Å². The number of hydrogen-bond acceptors (Lipinski definition) is 4. The van der Waals surface area contributed by atoms with Crippen LogP contribution in [0, 0.1) is 0 Å². The Hall–Kier alpha value is -2.93. The van der Waals surface area contributed by atoms with Gasteiger partial charge in [0.2, 0.25) is 0 Å². The summed E-state index contributed by atoms with van der Waals surface area (Å²) in [5.41, 5.74) is 1.10. The van der Waals surface area contributed by atoms with E-state index in [0.717, 1.165) is 5.56 Å². The number of hydrogen-bond donors (Lipinski definition) is 1. The fourth-order valence-corrected chi connectivity index (χ4v) is 3.17. The van der Waals surface area contributed by atoms with Crippen molar-refractivity contribution in [3.8, 4) is 0 Å². The molecule has 1 amide bonds. The van der Waals surface area contributed by atoms with Crippen molar-refractivity contribution in [3.63, 3.8) is 0 Å². The van der Waals surface area contributed by atoms with E-state index in [-0.39, 0.29) is 10.6 Å². The Bertz CT molecular complexity index is 935. The maximum Gasteiger partial charge on any atom is 0.285 e. The summed E-state index contributed by atoms with van der Waals surface area (Å²) in [6.45, 7) is 0.548. The van der Waals surface area contributed by atoms with Crippen molar-refractivity contribution in [1.29, 1.82) is 0 Å². The van der Waals surface area contributed by atoms with E-state index in [1.54, 1.807) is 22.8 Å². The minimum atomic E-state index is -3.91. The van der Waals surface area contributed by atoms with Crippen LogP contribution in [0.25, 0.3) is 0 Å². The average molecular weight is 341 g/mol. The summed E-state index contributed by atoms with van der Waals surface area (Å²) < 4.78 is 28.0. The van der Waals surface area contributed by atoms with E-state index in [1.807, 2.05) is 35.1 Å². The van der Waals surface area contributed by atoms with Crippen LogP contribution in [0.3, 0.4) is 0 Å². The van der Waals surface area contributed by atoms with Gasteiger partial charge in [0.1, 0.15) is 5.69 Å². The summed E-state index contributed by atoms with van der Waals surface area (Å²) in [5.74, 6) is -0.759. The first-order valence-electron chi connectivity index (χ1n) is 7.22. The molecule has 122 valence electrons. The summed E-state index contributed by atoms with van der Waals surface area (Å²) in [6.07, 6.45) is 3.01. The van der Waals surface area contributed by atoms with Gasteiger partial charge in [-0.1, -0.05) is 48.5 Å². The fraction of sp³-hybridized carbons (Fsp3) is 0.0588. The minimum Gasteiger partial charge on any atom is -0.332 e. The first-order valence-corrected chi connectivity index (χ1v) is 8.71. The van der Waals surface area contributed by atoms with Crippen LogP contribution in [0.5, 0.6) is 0 Å². The normalized spacial score (nSPS) is 11.2. The lowest BCUT2D eigenvalue weighted by molar-refractivity contribution is 0.0977. The van der Waals surface area contributed by atoms with Gasteiger partial charge in [-0.3, -0.25) is 4.79 Å². The van der Waals surface area contributed by atoms with E-state index < -0.39 is 15.9 Å². The van der Waals surface area contributed by atoms with Gasteiger partial charge in [-0.25, -0.2) is 18.1 Å². The van der Waals surface area contributed by atoms with Crippen LogP contribution >= 0.6 is 0 Å². The molecule has 3 rings (SSSR count). The molecule has 0 saturated heterocycles. The molecule has 0 fully saturated rings. The van der Waals surface area contributed by atoms with E-state index in [4.69, 9.17) is 0 Å². The first-order chi connectivity index (χ1) is 11.5. The van der Waals surface area contributed by atoms with E-state index in [1.165, 1.54) is 24.7 Å². The molecule has 0 aliphatic heterocycles. The van der Waals surface area contributed by atoms with Gasteiger partial charge in [-0.15, -0.1) is 0 Å². The lowest BCUT2D eigenvalue weighted by atomic mass is 10.2. The van der Waals surface area contributed by atoms with Crippen molar-refractivity contribution >= 4 is 15.9 Å². The van der Waals surface area contributed by atoms with Crippen LogP contribution in [-0.4, -0.2) is 23.9 Å². The Balaban J connectivity index is 1.72. The highest BCUT2D eigenvalue weighted by molar-refractivity contribution is 7.90. The second kappa shape index (κ2) is 6.67. The average Bonchev–Trinajstić information content (AvgIpc) is 3.05. The monoisotopic (exact) mass is 341 g/mol. The lowest BCUT2D eigenvalue weighted by Crippen LogP contribution is -2.30. The molecule has 0 aliphatic rings. The summed E-state index contributed by atoms with van der Waals surface area (Å²) in [4.78, 5) is 16.1. The number of benzene rings is 2. The fourth-order valence-electron chi connectivity index (χ4n) is 2.19. The molecule has 24 heavy (non-hydrogen) atoms. The summed E-state index contributed by atoms with van der Waals surface area (Å²) >= 11 is 0. The van der Waals surface area contributed by atoms with Gasteiger partial charge in [-0.2, -0.15) is 0 Å². The molecule has 1 heterocycles. The zero-order valence-electron chi connectivity index (χ0n) is 12.7. The molecule has 0 spiro atoms. The van der Waals surface area contributed by atoms with Gasteiger partial charge in [0, 0.05) is 12.7 Å². The van der Waals surface area contributed by atoms with Gasteiger partial charge in [0.05, 0.1) is 11.2 Å². The number of amides is 1. The Kier molecular flexibility index (Phi) is 4.43. The standard InChI is InChI=1S/C17H15N3O3S/c21-17(19-24(22,23)15-9-5-2-6-10-15)16-12-20(13-18-16)11-14-7-3-1-4-8-14/h1-10,12-13H,11H2,(H,19,21). The molecule has 0 radical (unpaired) electrons. The molecule has 0 saturated carbocycles. The topological polar surface area (TPSA) is 81.1 Å². The zero-order chi connectivity index (χ0) is 17.0. The van der Waals surface area contributed by atoms with Gasteiger partial charge in [-0.05, 0) is 17.7 Å². The van der Waals surface area contributed by atoms with E-state index in [0.29, 0.717) is 6.54 Å². The third-order valence-corrected chi connectivity index (χ3v) is 4.70. The molecule has 3 aromatic rings. The van der Waals surface area contributed by atoms with Gasteiger partial charge >= 0.3 is 0 Å². The second-order valence-corrected chi connectivity index (χ2v) is 6.85. The maximum absolute atomic E-state index is 12.1. The zero-order valence-corrected chi connectivity index (χ0v) is 13.5. The molecular weight excluding hydrogens is 326 g/mol. The number of rotatable bonds is 5. The maximum atomic E-state index is 12.1. The largest absolute Gasteiger partial charge is 0.332 e. The molecule has 7 heteroatoms. The van der Waals surface area contributed by atoms with Gasteiger partial charge in [0.15, 0.2) is 0 Å². The molecule has 1 N–H and O–H groups in total. The van der Waals surface area contributed by atoms with Crippen molar-refractivity contribution in [1.82, 2.24) is 14.3 Å². The summed E-state index contributed by atoms with van der Waals surface area (Å²) in [5, 5.41) is 0. The Morgan fingerprint density at radius 3 is 2.29 bits per heavy atom. The molecule has 1 aromatic heterocycles. The highest BCUT2D eigenvalue weighted by Gasteiger charge is 2.19. The van der Waals surface area contributed by atoms with E-state index in [9.17, 15) is 13.2 Å². The van der Waals surface area contributed by atoms with Crippen LogP contribution in [0.1, 0.15) is 16.1 Å². The molecule has 2 aromatic carbocycles. The third-order valence-electron chi connectivity index (χ3n) is 3.35. The van der Waals surface area contributed by atoms with Crippen molar-refractivity contribution < 1.29 is 13.2 Å². The van der Waals surface area contributed by atoms with Crippen LogP contribution < -0.4 is 4.72 Å². The van der Waals surface area contributed by atoms with Crippen molar-refractivity contribution in [3.05, 3.63) is 84.4 Å². The Morgan fingerprint density at radius 2 is 1.62 bits per heavy atom. The van der Waals surface area contributed by atoms with Crippen molar-refractivity contribution in [2.75, 3.05) is 0 Å². The van der Waals surface area contributed by atoms with Crippen molar-refractivity contribution in [2.45, 2.75) is 11.4 Å². The lowest BCUT2D eigenvalue weighted by Gasteiger charge is -2.05. The minimum absolute atomic E-state index is 0.0297. The third kappa shape index (κ3) is 3.69. The number of nitrogens with zero attached hydrogens (tertiary/aromatic N) is 2. The molecule has 0 aliphatic carbocycles. The number of sulfonamides is 1. The molecule has 0 bridgehead atoms. The highest BCUT2D eigenvalue weighted by Crippen LogP contribution is 2.09. The van der Waals surface area contributed by atoms with Crippen LogP contribution in [0.2, 0.25) is 0 Å². The molecule has 0 atom stereocenters. The second-order valence-electron chi connectivity index (χ2n) is 5.16. The Labute approximate surface area is 139 Å². The number of imidazole rings is 1. The van der Waals surface area contributed by atoms with E-state index >= 15 is 0 Å². The Morgan fingerprint density at radius 1 is 1.00 bits per heavy atom. The predicted molar refractivity (Wildman–Crippen MR) is 88.9 cm³/mol. The number of carbonyl (C=O) groups excluding carboxylic acids is 1. The van der Waals surface area contributed by atoms with Crippen molar-refractivity contribution in [2.24, 2.45) is 0 Å². The number of nitrogens with one attached hydrogen (secondary N) is 1. The highest BCUT2D eigenvalue weighted by atomic mass is 32.2. The van der Waals surface area contributed by atoms with E-state index in [2.05, 4.69) is 4.98 Å². The summed E-state index contributed by atoms with van der Waals surface area (Å²) in [7, 11) is -3.91. The quantitative estimate of drug-likeness (QED) is 0.770. The predicted octanol–water partition coefficient (Wildman–Crippen LogP) is 2.05. The number of aromatic nitrogens is 2. The molecular formula is C17H15N3O3S. The summed E-state index contributed by atoms with van der Waals surface area (Å²) in [6, 6.07) is 17.4. The molecule has 0 unspecified atom stereocenters. The van der Waals surface area contributed by atoms with Crippen LogP contribution in [-0.2, 0) is 16.6 Å². The smallest absolute Gasteiger partial charge is 0.285 e. The molecule has 6 nitrogen and oxygen atoms in total. The van der Waals surface area contributed by atoms with Gasteiger partial charge in [0.25, 0.3) is 15.9 Å². The van der Waals surface area contributed by atoms with Gasteiger partial charge < -0.3 is 4.57 Å². The number of carbonyl (C=O) groups is 1. The van der Waals surface area contributed by atoms with Crippen LogP contribution in [0.4, 0.5) is 0 Å². The first kappa shape index (κ1) is 15.9.